The van der Waals surface area contributed by atoms with Crippen molar-refractivity contribution in [3.8, 4) is 0 Å². The molecule has 0 radical (unpaired) electrons. The van der Waals surface area contributed by atoms with Gasteiger partial charge in [0.15, 0.2) is 0 Å². The van der Waals surface area contributed by atoms with E-state index in [0.717, 1.165) is 64.0 Å². The van der Waals surface area contributed by atoms with Crippen LogP contribution in [0.4, 0.5) is 4.39 Å². The molecule has 3 nitrogen and oxygen atoms in total. The Morgan fingerprint density at radius 1 is 1.14 bits per heavy atom. The number of hydrogen-bond donors (Lipinski definition) is 0. The highest BCUT2D eigenvalue weighted by Gasteiger charge is 2.29. The summed E-state index contributed by atoms with van der Waals surface area (Å²) in [6, 6.07) is 6.80. The highest BCUT2D eigenvalue weighted by Crippen LogP contribution is 2.23. The first-order chi connectivity index (χ1) is 10.2. The zero-order chi connectivity index (χ0) is 14.7. The number of carbonyl (C=O) groups is 1. The van der Waals surface area contributed by atoms with Crippen molar-refractivity contribution in [2.75, 3.05) is 26.2 Å². The van der Waals surface area contributed by atoms with E-state index in [1.807, 2.05) is 11.0 Å². The molecule has 114 valence electrons. The van der Waals surface area contributed by atoms with Gasteiger partial charge in [-0.3, -0.25) is 9.69 Å². The monoisotopic (exact) mass is 290 g/mol. The van der Waals surface area contributed by atoms with Gasteiger partial charge in [0.1, 0.15) is 5.82 Å². The molecule has 2 saturated heterocycles. The molecule has 1 aromatic rings. The van der Waals surface area contributed by atoms with Gasteiger partial charge in [0, 0.05) is 25.6 Å². The van der Waals surface area contributed by atoms with Crippen LogP contribution in [0.2, 0.25) is 0 Å². The number of likely N-dealkylation sites (tertiary alicyclic amines) is 2. The highest BCUT2D eigenvalue weighted by molar-refractivity contribution is 5.79. The second-order valence-electron chi connectivity index (χ2n) is 6.21. The van der Waals surface area contributed by atoms with Gasteiger partial charge in [-0.25, -0.2) is 4.39 Å². The Balaban J connectivity index is 1.49. The van der Waals surface area contributed by atoms with Crippen molar-refractivity contribution in [3.05, 3.63) is 35.6 Å². The lowest BCUT2D eigenvalue weighted by Gasteiger charge is -2.33. The SMILES string of the molecule is O=C(C1CCN(Cc2cccc(F)c2)CC1)N1CCCC1. The van der Waals surface area contributed by atoms with Gasteiger partial charge in [0.05, 0.1) is 0 Å². The number of carbonyl (C=O) groups excluding carboxylic acids is 1. The van der Waals surface area contributed by atoms with Crippen LogP contribution in [0.15, 0.2) is 24.3 Å². The fourth-order valence-electron chi connectivity index (χ4n) is 3.43. The predicted molar refractivity (Wildman–Crippen MR) is 80.2 cm³/mol. The smallest absolute Gasteiger partial charge is 0.225 e. The number of hydrogen-bond acceptors (Lipinski definition) is 2. The summed E-state index contributed by atoms with van der Waals surface area (Å²) in [6.07, 6.45) is 4.18. The van der Waals surface area contributed by atoms with Gasteiger partial charge in [-0.05, 0) is 56.5 Å². The number of nitrogens with zero attached hydrogens (tertiary/aromatic N) is 2. The summed E-state index contributed by atoms with van der Waals surface area (Å²) < 4.78 is 13.2. The number of amides is 1. The molecule has 0 aromatic heterocycles. The van der Waals surface area contributed by atoms with Crippen molar-refractivity contribution in [2.24, 2.45) is 5.92 Å². The molecule has 2 aliphatic rings. The average molecular weight is 290 g/mol. The quantitative estimate of drug-likeness (QED) is 0.854. The van der Waals surface area contributed by atoms with Crippen molar-refractivity contribution >= 4 is 5.91 Å². The summed E-state index contributed by atoms with van der Waals surface area (Å²) in [6.45, 7) is 4.54. The number of rotatable bonds is 3. The summed E-state index contributed by atoms with van der Waals surface area (Å²) in [5.74, 6) is 0.386. The Morgan fingerprint density at radius 2 is 1.86 bits per heavy atom. The second kappa shape index (κ2) is 6.56. The van der Waals surface area contributed by atoms with Gasteiger partial charge in [-0.1, -0.05) is 12.1 Å². The molecule has 1 amide bonds. The molecule has 0 N–H and O–H groups in total. The molecule has 2 aliphatic heterocycles. The standard InChI is InChI=1S/C17H23FN2O/c18-16-5-3-4-14(12-16)13-19-10-6-15(7-11-19)17(21)20-8-1-2-9-20/h3-5,12,15H,1-2,6-11,13H2. The Kier molecular flexibility index (Phi) is 4.54. The molecule has 0 aliphatic carbocycles. The fraction of sp³-hybridized carbons (Fsp3) is 0.588. The van der Waals surface area contributed by atoms with Crippen LogP contribution in [0, 0.1) is 11.7 Å². The van der Waals surface area contributed by atoms with Crippen molar-refractivity contribution < 1.29 is 9.18 Å². The minimum Gasteiger partial charge on any atom is -0.342 e. The number of piperidine rings is 1. The molecule has 2 fully saturated rings. The van der Waals surface area contributed by atoms with Crippen LogP contribution in [-0.2, 0) is 11.3 Å². The summed E-state index contributed by atoms with van der Waals surface area (Å²) in [5, 5.41) is 0. The molecule has 0 unspecified atom stereocenters. The third-order valence-corrected chi connectivity index (χ3v) is 4.65. The number of benzene rings is 1. The lowest BCUT2D eigenvalue weighted by molar-refractivity contribution is -0.136. The molecular weight excluding hydrogens is 267 g/mol. The molecule has 0 saturated carbocycles. The molecule has 21 heavy (non-hydrogen) atoms. The van der Waals surface area contributed by atoms with Crippen LogP contribution >= 0.6 is 0 Å². The van der Waals surface area contributed by atoms with Gasteiger partial charge in [0.25, 0.3) is 0 Å². The minimum atomic E-state index is -0.174. The Morgan fingerprint density at radius 3 is 2.52 bits per heavy atom. The zero-order valence-electron chi connectivity index (χ0n) is 12.4. The first kappa shape index (κ1) is 14.5. The van der Waals surface area contributed by atoms with Gasteiger partial charge < -0.3 is 4.90 Å². The number of halogens is 1. The predicted octanol–water partition coefficient (Wildman–Crippen LogP) is 2.66. The highest BCUT2D eigenvalue weighted by atomic mass is 19.1. The second-order valence-corrected chi connectivity index (χ2v) is 6.21. The molecule has 0 bridgehead atoms. The lowest BCUT2D eigenvalue weighted by atomic mass is 9.95. The maximum absolute atomic E-state index is 13.2. The van der Waals surface area contributed by atoms with Crippen LogP contribution in [-0.4, -0.2) is 41.9 Å². The van der Waals surface area contributed by atoms with Gasteiger partial charge in [-0.15, -0.1) is 0 Å². The Labute approximate surface area is 125 Å². The fourth-order valence-corrected chi connectivity index (χ4v) is 3.43. The van der Waals surface area contributed by atoms with Crippen LogP contribution in [0.25, 0.3) is 0 Å². The van der Waals surface area contributed by atoms with E-state index in [2.05, 4.69) is 4.90 Å². The molecular formula is C17H23FN2O. The summed E-state index contributed by atoms with van der Waals surface area (Å²) in [7, 11) is 0. The molecule has 0 atom stereocenters. The molecule has 4 heteroatoms. The van der Waals surface area contributed by atoms with Gasteiger partial charge in [0.2, 0.25) is 5.91 Å². The maximum atomic E-state index is 13.2. The van der Waals surface area contributed by atoms with Crippen LogP contribution in [0.1, 0.15) is 31.2 Å². The van der Waals surface area contributed by atoms with Gasteiger partial charge in [-0.2, -0.15) is 0 Å². The van der Waals surface area contributed by atoms with E-state index in [-0.39, 0.29) is 11.7 Å². The van der Waals surface area contributed by atoms with E-state index in [4.69, 9.17) is 0 Å². The third kappa shape index (κ3) is 3.62. The van der Waals surface area contributed by atoms with Gasteiger partial charge >= 0.3 is 0 Å². The average Bonchev–Trinajstić information content (AvgIpc) is 3.01. The summed E-state index contributed by atoms with van der Waals surface area (Å²) >= 11 is 0. The van der Waals surface area contributed by atoms with Crippen LogP contribution in [0.5, 0.6) is 0 Å². The van der Waals surface area contributed by atoms with E-state index >= 15 is 0 Å². The van der Waals surface area contributed by atoms with E-state index in [0.29, 0.717) is 5.91 Å². The maximum Gasteiger partial charge on any atom is 0.225 e. The Bertz CT molecular complexity index is 491. The van der Waals surface area contributed by atoms with Crippen LogP contribution < -0.4 is 0 Å². The largest absolute Gasteiger partial charge is 0.342 e. The van der Waals surface area contributed by atoms with E-state index in [9.17, 15) is 9.18 Å². The molecule has 3 rings (SSSR count). The molecule has 2 heterocycles. The lowest BCUT2D eigenvalue weighted by Crippen LogP contribution is -2.41. The normalized spacial score (nSPS) is 20.9. The minimum absolute atomic E-state index is 0.174. The zero-order valence-corrected chi connectivity index (χ0v) is 12.4. The third-order valence-electron chi connectivity index (χ3n) is 4.65. The first-order valence-corrected chi connectivity index (χ1v) is 7.98. The van der Waals surface area contributed by atoms with Crippen LogP contribution in [0.3, 0.4) is 0 Å². The summed E-state index contributed by atoms with van der Waals surface area (Å²) in [5.41, 5.74) is 1.01. The Hall–Kier alpha value is -1.42. The van der Waals surface area contributed by atoms with E-state index < -0.39 is 0 Å². The topological polar surface area (TPSA) is 23.6 Å². The first-order valence-electron chi connectivity index (χ1n) is 7.98. The van der Waals surface area contributed by atoms with Crippen molar-refractivity contribution in [3.63, 3.8) is 0 Å². The molecule has 0 spiro atoms. The van der Waals surface area contributed by atoms with Crippen molar-refractivity contribution in [1.29, 1.82) is 0 Å². The van der Waals surface area contributed by atoms with Crippen molar-refractivity contribution in [2.45, 2.75) is 32.2 Å². The molecule has 1 aromatic carbocycles. The van der Waals surface area contributed by atoms with E-state index in [1.54, 1.807) is 12.1 Å². The van der Waals surface area contributed by atoms with Crippen molar-refractivity contribution in [1.82, 2.24) is 9.80 Å². The van der Waals surface area contributed by atoms with E-state index in [1.165, 1.54) is 6.07 Å². The summed E-state index contributed by atoms with van der Waals surface area (Å²) in [4.78, 5) is 16.7.